The molecule has 2 heterocycles. The van der Waals surface area contributed by atoms with Gasteiger partial charge in [0.15, 0.2) is 11.0 Å². The number of hydrogen-bond donors (Lipinski definition) is 0. The van der Waals surface area contributed by atoms with Crippen molar-refractivity contribution >= 4 is 23.4 Å². The van der Waals surface area contributed by atoms with Crippen molar-refractivity contribution in [3.63, 3.8) is 0 Å². The quantitative estimate of drug-likeness (QED) is 0.379. The summed E-state index contributed by atoms with van der Waals surface area (Å²) in [5.41, 5.74) is 1.87. The first kappa shape index (κ1) is 20.6. The summed E-state index contributed by atoms with van der Waals surface area (Å²) < 4.78 is 7.47. The molecule has 0 radical (unpaired) electrons. The van der Waals surface area contributed by atoms with Crippen molar-refractivity contribution in [1.82, 2.24) is 29.8 Å². The van der Waals surface area contributed by atoms with Gasteiger partial charge in [-0.05, 0) is 45.3 Å². The van der Waals surface area contributed by atoms with Crippen LogP contribution in [0.2, 0.25) is 5.02 Å². The van der Waals surface area contributed by atoms with E-state index in [0.717, 1.165) is 22.2 Å². The van der Waals surface area contributed by atoms with Crippen LogP contribution >= 0.6 is 23.4 Å². The molecule has 4 aromatic rings. The Morgan fingerprint density at radius 3 is 2.50 bits per heavy atom. The minimum Gasteiger partial charge on any atom is -0.338 e. The lowest BCUT2D eigenvalue weighted by atomic mass is 10.2. The average molecular weight is 441 g/mol. The molecule has 30 heavy (non-hydrogen) atoms. The molecule has 4 rings (SSSR count). The van der Waals surface area contributed by atoms with Crippen molar-refractivity contribution in [1.29, 1.82) is 0 Å². The Morgan fingerprint density at radius 1 is 1.07 bits per heavy atom. The molecule has 0 fully saturated rings. The first-order valence-electron chi connectivity index (χ1n) is 9.41. The minimum absolute atomic E-state index is 0.0793. The lowest BCUT2D eigenvalue weighted by Gasteiger charge is -2.20. The van der Waals surface area contributed by atoms with Crippen molar-refractivity contribution in [3.8, 4) is 17.1 Å². The summed E-state index contributed by atoms with van der Waals surface area (Å²) in [7, 11) is 4.03. The molecule has 0 unspecified atom stereocenters. The van der Waals surface area contributed by atoms with E-state index in [0.29, 0.717) is 22.5 Å². The zero-order valence-corrected chi connectivity index (χ0v) is 18.4. The Hall–Kier alpha value is -2.68. The monoisotopic (exact) mass is 440 g/mol. The van der Waals surface area contributed by atoms with Crippen LogP contribution in [0.1, 0.15) is 24.7 Å². The van der Waals surface area contributed by atoms with Gasteiger partial charge in [-0.1, -0.05) is 58.9 Å². The van der Waals surface area contributed by atoms with E-state index in [9.17, 15) is 0 Å². The van der Waals surface area contributed by atoms with Crippen LogP contribution in [-0.4, -0.2) is 43.9 Å². The Bertz CT molecular complexity index is 1110. The van der Waals surface area contributed by atoms with Crippen molar-refractivity contribution in [3.05, 3.63) is 71.3 Å². The maximum Gasteiger partial charge on any atom is 0.237 e. The van der Waals surface area contributed by atoms with Crippen molar-refractivity contribution < 1.29 is 4.52 Å². The highest BCUT2D eigenvalue weighted by atomic mass is 35.5. The maximum atomic E-state index is 6.08. The van der Waals surface area contributed by atoms with Gasteiger partial charge in [0.2, 0.25) is 11.7 Å². The smallest absolute Gasteiger partial charge is 0.237 e. The second-order valence-corrected chi connectivity index (χ2v) is 8.34. The molecule has 9 heteroatoms. The van der Waals surface area contributed by atoms with E-state index in [1.54, 1.807) is 0 Å². The van der Waals surface area contributed by atoms with Gasteiger partial charge < -0.3 is 4.52 Å². The van der Waals surface area contributed by atoms with Gasteiger partial charge in [-0.2, -0.15) is 4.98 Å². The largest absolute Gasteiger partial charge is 0.338 e. The second kappa shape index (κ2) is 8.99. The maximum absolute atomic E-state index is 6.08. The molecule has 0 saturated carbocycles. The zero-order chi connectivity index (χ0) is 21.1. The van der Waals surface area contributed by atoms with Crippen LogP contribution in [-0.2, 0) is 5.75 Å². The molecular weight excluding hydrogens is 420 g/mol. The van der Waals surface area contributed by atoms with Crippen molar-refractivity contribution in [2.45, 2.75) is 23.9 Å². The molecule has 0 aliphatic heterocycles. The van der Waals surface area contributed by atoms with Crippen LogP contribution < -0.4 is 0 Å². The summed E-state index contributed by atoms with van der Waals surface area (Å²) in [4.78, 5) is 6.59. The molecule has 0 aliphatic carbocycles. The van der Waals surface area contributed by atoms with Crippen LogP contribution in [0.3, 0.4) is 0 Å². The molecule has 2 aromatic carbocycles. The number of aromatic nitrogens is 5. The average Bonchev–Trinajstić information content (AvgIpc) is 3.40. The van der Waals surface area contributed by atoms with Crippen LogP contribution in [0.5, 0.6) is 0 Å². The van der Waals surface area contributed by atoms with E-state index >= 15 is 0 Å². The summed E-state index contributed by atoms with van der Waals surface area (Å²) in [6.45, 7) is 2.09. The van der Waals surface area contributed by atoms with Crippen LogP contribution in [0.4, 0.5) is 0 Å². The number of benzene rings is 2. The lowest BCUT2D eigenvalue weighted by molar-refractivity contribution is 0.305. The fourth-order valence-corrected chi connectivity index (χ4v) is 3.78. The highest BCUT2D eigenvalue weighted by molar-refractivity contribution is 7.98. The van der Waals surface area contributed by atoms with Gasteiger partial charge in [0.05, 0.1) is 11.8 Å². The summed E-state index contributed by atoms with van der Waals surface area (Å²) in [5.74, 6) is 2.45. The SMILES string of the molecule is C[C@H](c1nnc(SCc2nc(-c3ccccc3)no2)n1-c1ccc(Cl)cc1)N(C)C. The highest BCUT2D eigenvalue weighted by Crippen LogP contribution is 2.29. The first-order chi connectivity index (χ1) is 14.5. The predicted octanol–water partition coefficient (Wildman–Crippen LogP) is 4.89. The summed E-state index contributed by atoms with van der Waals surface area (Å²) in [6, 6.07) is 17.5. The van der Waals surface area contributed by atoms with E-state index in [-0.39, 0.29) is 6.04 Å². The fraction of sp³-hybridized carbons (Fsp3) is 0.238. The van der Waals surface area contributed by atoms with E-state index in [1.165, 1.54) is 11.8 Å². The van der Waals surface area contributed by atoms with Crippen LogP contribution in [0.15, 0.2) is 64.3 Å². The lowest BCUT2D eigenvalue weighted by Crippen LogP contribution is -2.20. The van der Waals surface area contributed by atoms with Crippen molar-refractivity contribution in [2.75, 3.05) is 14.1 Å². The van der Waals surface area contributed by atoms with Gasteiger partial charge in [0.25, 0.3) is 0 Å². The fourth-order valence-electron chi connectivity index (χ4n) is 2.85. The Labute approximate surface area is 184 Å². The summed E-state index contributed by atoms with van der Waals surface area (Å²) in [5, 5.41) is 14.4. The molecule has 7 nitrogen and oxygen atoms in total. The van der Waals surface area contributed by atoms with E-state index < -0.39 is 0 Å². The predicted molar refractivity (Wildman–Crippen MR) is 118 cm³/mol. The molecular formula is C21H21ClN6OS. The molecule has 0 N–H and O–H groups in total. The molecule has 0 amide bonds. The molecule has 0 bridgehead atoms. The van der Waals surface area contributed by atoms with Gasteiger partial charge >= 0.3 is 0 Å². The first-order valence-corrected chi connectivity index (χ1v) is 10.8. The van der Waals surface area contributed by atoms with Crippen molar-refractivity contribution in [2.24, 2.45) is 0 Å². The zero-order valence-electron chi connectivity index (χ0n) is 16.9. The van der Waals surface area contributed by atoms with Crippen LogP contribution in [0, 0.1) is 0 Å². The molecule has 1 atom stereocenters. The minimum atomic E-state index is 0.0793. The molecule has 0 saturated heterocycles. The van der Waals surface area contributed by atoms with Gasteiger partial charge in [-0.3, -0.25) is 9.47 Å². The summed E-state index contributed by atoms with van der Waals surface area (Å²) >= 11 is 7.58. The number of rotatable bonds is 7. The van der Waals surface area contributed by atoms with E-state index in [4.69, 9.17) is 16.1 Å². The van der Waals surface area contributed by atoms with Crippen LogP contribution in [0.25, 0.3) is 17.1 Å². The Kier molecular flexibility index (Phi) is 6.17. The molecule has 0 spiro atoms. The Balaban J connectivity index is 1.60. The number of hydrogen-bond acceptors (Lipinski definition) is 7. The van der Waals surface area contributed by atoms with E-state index in [1.807, 2.05) is 73.3 Å². The Morgan fingerprint density at radius 2 is 1.80 bits per heavy atom. The van der Waals surface area contributed by atoms with E-state index in [2.05, 4.69) is 32.2 Å². The number of nitrogens with zero attached hydrogens (tertiary/aromatic N) is 6. The van der Waals surface area contributed by atoms with Gasteiger partial charge in [0, 0.05) is 16.3 Å². The highest BCUT2D eigenvalue weighted by Gasteiger charge is 2.21. The van der Waals surface area contributed by atoms with Gasteiger partial charge in [-0.15, -0.1) is 10.2 Å². The standard InChI is InChI=1S/C21H21ClN6OS/c1-14(27(2)3)20-24-25-21(28(20)17-11-9-16(22)10-12-17)30-13-18-23-19(26-29-18)15-7-5-4-6-8-15/h4-12,14H,13H2,1-3H3/t14-/m1/s1. The topological polar surface area (TPSA) is 72.9 Å². The third kappa shape index (κ3) is 4.40. The molecule has 0 aliphatic rings. The van der Waals surface area contributed by atoms with Gasteiger partial charge in [-0.25, -0.2) is 0 Å². The third-order valence-electron chi connectivity index (χ3n) is 4.72. The van der Waals surface area contributed by atoms with Gasteiger partial charge in [0.1, 0.15) is 0 Å². The molecule has 2 aromatic heterocycles. The second-order valence-electron chi connectivity index (χ2n) is 6.96. The summed E-state index contributed by atoms with van der Waals surface area (Å²) in [6.07, 6.45) is 0. The molecule has 154 valence electrons. The third-order valence-corrected chi connectivity index (χ3v) is 5.88. The normalized spacial score (nSPS) is 12.4. The number of halogens is 1. The number of thioether (sulfide) groups is 1.